The third kappa shape index (κ3) is 3.60. The summed E-state index contributed by atoms with van der Waals surface area (Å²) in [7, 11) is 0. The van der Waals surface area contributed by atoms with Gasteiger partial charge in [0.1, 0.15) is 11.8 Å². The summed E-state index contributed by atoms with van der Waals surface area (Å²) in [5.41, 5.74) is 3.11. The van der Waals surface area contributed by atoms with Crippen LogP contribution in [0.5, 0.6) is 0 Å². The number of anilines is 3. The highest BCUT2D eigenvalue weighted by Gasteiger charge is 2.16. The molecule has 132 valence electrons. The Balaban J connectivity index is 1.81. The van der Waals surface area contributed by atoms with E-state index in [0.717, 1.165) is 35.0 Å². The quantitative estimate of drug-likeness (QED) is 0.604. The molecule has 0 saturated heterocycles. The van der Waals surface area contributed by atoms with E-state index < -0.39 is 0 Å². The molecule has 0 aliphatic rings. The lowest BCUT2D eigenvalue weighted by molar-refractivity contribution is 0.489. The van der Waals surface area contributed by atoms with Gasteiger partial charge >= 0.3 is 0 Å². The molecule has 0 bridgehead atoms. The molecule has 3 rings (SSSR count). The summed E-state index contributed by atoms with van der Waals surface area (Å²) >= 11 is 1.10. The molecule has 0 unspecified atom stereocenters. The van der Waals surface area contributed by atoms with Crippen LogP contribution in [0.3, 0.4) is 0 Å². The smallest absolute Gasteiger partial charge is 0.188 e. The molecule has 26 heavy (non-hydrogen) atoms. The summed E-state index contributed by atoms with van der Waals surface area (Å²) < 4.78 is 14.2. The van der Waals surface area contributed by atoms with Gasteiger partial charge < -0.3 is 15.1 Å². The van der Waals surface area contributed by atoms with Crippen LogP contribution in [-0.4, -0.2) is 8.75 Å². The summed E-state index contributed by atoms with van der Waals surface area (Å²) in [4.78, 5) is 0. The first kappa shape index (κ1) is 17.7. The molecule has 2 heterocycles. The number of hydrogen-bond acceptors (Lipinski definition) is 7. The van der Waals surface area contributed by atoms with E-state index in [1.165, 1.54) is 0 Å². The average molecular weight is 365 g/mol. The molecular formula is C19H19N5OS. The zero-order chi connectivity index (χ0) is 18.5. The molecule has 0 fully saturated rings. The van der Waals surface area contributed by atoms with E-state index >= 15 is 0 Å². The van der Waals surface area contributed by atoms with Gasteiger partial charge in [0.15, 0.2) is 11.6 Å². The van der Waals surface area contributed by atoms with E-state index in [4.69, 9.17) is 4.42 Å². The fourth-order valence-electron chi connectivity index (χ4n) is 2.55. The van der Waals surface area contributed by atoms with E-state index in [-0.39, 0.29) is 6.04 Å². The van der Waals surface area contributed by atoms with E-state index in [9.17, 15) is 5.26 Å². The number of nitriles is 1. The molecule has 0 saturated carbocycles. The Morgan fingerprint density at radius 1 is 1.38 bits per heavy atom. The monoisotopic (exact) mass is 365 g/mol. The van der Waals surface area contributed by atoms with Crippen LogP contribution in [0.25, 0.3) is 6.08 Å². The molecule has 0 spiro atoms. The summed E-state index contributed by atoms with van der Waals surface area (Å²) in [5.74, 6) is 2.03. The Morgan fingerprint density at radius 3 is 2.88 bits per heavy atom. The fourth-order valence-corrected chi connectivity index (χ4v) is 3.02. The summed E-state index contributed by atoms with van der Waals surface area (Å²) in [6.45, 7) is 7.84. The molecule has 1 aromatic carbocycles. The van der Waals surface area contributed by atoms with Crippen molar-refractivity contribution in [1.29, 1.82) is 5.26 Å². The van der Waals surface area contributed by atoms with Crippen LogP contribution in [0, 0.1) is 11.3 Å². The van der Waals surface area contributed by atoms with Crippen molar-refractivity contribution in [3.05, 3.63) is 59.6 Å². The van der Waals surface area contributed by atoms with Crippen LogP contribution in [-0.2, 0) is 6.42 Å². The van der Waals surface area contributed by atoms with E-state index in [1.807, 2.05) is 31.2 Å². The lowest BCUT2D eigenvalue weighted by Gasteiger charge is -2.13. The lowest BCUT2D eigenvalue weighted by Crippen LogP contribution is -2.08. The maximum absolute atomic E-state index is 9.45. The van der Waals surface area contributed by atoms with Crippen molar-refractivity contribution in [1.82, 2.24) is 8.75 Å². The molecule has 0 aliphatic carbocycles. The van der Waals surface area contributed by atoms with Crippen molar-refractivity contribution in [2.24, 2.45) is 0 Å². The molecule has 3 aromatic rings. The van der Waals surface area contributed by atoms with Crippen LogP contribution in [0.15, 0.2) is 41.5 Å². The number of aromatic nitrogens is 2. The first-order chi connectivity index (χ1) is 12.7. The van der Waals surface area contributed by atoms with Crippen molar-refractivity contribution in [2.45, 2.75) is 26.3 Å². The zero-order valence-corrected chi connectivity index (χ0v) is 15.4. The van der Waals surface area contributed by atoms with Crippen molar-refractivity contribution >= 4 is 35.1 Å². The predicted octanol–water partition coefficient (Wildman–Crippen LogP) is 5.12. The van der Waals surface area contributed by atoms with Crippen molar-refractivity contribution in [3.8, 4) is 6.07 Å². The number of benzene rings is 1. The standard InChI is InChI=1S/C19H19N5OS/c1-4-13-9-17(25-11-13)12(3)21-18-19(24-26-23-18)22-16-8-6-7-14(5-2)15(16)10-20/h5-9,11-12H,2,4H2,1,3H3,(H,21,23)(H,22,24)/t12-/m1/s1. The number of furan rings is 1. The number of nitrogens with one attached hydrogen (secondary N) is 2. The van der Waals surface area contributed by atoms with Gasteiger partial charge in [-0.3, -0.25) is 0 Å². The van der Waals surface area contributed by atoms with Crippen LogP contribution in [0.2, 0.25) is 0 Å². The average Bonchev–Trinajstić information content (AvgIpc) is 3.31. The molecule has 0 aliphatic heterocycles. The van der Waals surface area contributed by atoms with Crippen molar-refractivity contribution in [2.75, 3.05) is 10.6 Å². The van der Waals surface area contributed by atoms with Gasteiger partial charge in [0.2, 0.25) is 0 Å². The largest absolute Gasteiger partial charge is 0.467 e. The zero-order valence-electron chi connectivity index (χ0n) is 14.6. The predicted molar refractivity (Wildman–Crippen MR) is 105 cm³/mol. The highest BCUT2D eigenvalue weighted by Crippen LogP contribution is 2.30. The van der Waals surface area contributed by atoms with Gasteiger partial charge in [-0.05, 0) is 36.6 Å². The second-order valence-electron chi connectivity index (χ2n) is 5.75. The molecule has 7 heteroatoms. The SMILES string of the molecule is C=Cc1cccc(Nc2nsnc2N[C@H](C)c2cc(CC)co2)c1C#N. The van der Waals surface area contributed by atoms with E-state index in [1.54, 1.807) is 12.3 Å². The van der Waals surface area contributed by atoms with Crippen molar-refractivity contribution < 1.29 is 4.42 Å². The van der Waals surface area contributed by atoms with Crippen LogP contribution in [0.4, 0.5) is 17.3 Å². The Morgan fingerprint density at radius 2 is 2.19 bits per heavy atom. The Kier molecular flexibility index (Phi) is 5.34. The highest BCUT2D eigenvalue weighted by molar-refractivity contribution is 6.99. The first-order valence-corrected chi connectivity index (χ1v) is 8.98. The van der Waals surface area contributed by atoms with Crippen LogP contribution < -0.4 is 10.6 Å². The molecule has 0 amide bonds. The maximum Gasteiger partial charge on any atom is 0.188 e. The topological polar surface area (TPSA) is 86.8 Å². The normalized spacial score (nSPS) is 11.6. The Hall–Kier alpha value is -3.11. The maximum atomic E-state index is 9.45. The minimum atomic E-state index is -0.0605. The molecule has 2 N–H and O–H groups in total. The summed E-state index contributed by atoms with van der Waals surface area (Å²) in [6, 6.07) is 9.73. The minimum Gasteiger partial charge on any atom is -0.467 e. The minimum absolute atomic E-state index is 0.0605. The molecule has 6 nitrogen and oxygen atoms in total. The number of nitrogens with zero attached hydrogens (tertiary/aromatic N) is 3. The van der Waals surface area contributed by atoms with Gasteiger partial charge in [0.25, 0.3) is 0 Å². The number of hydrogen-bond donors (Lipinski definition) is 2. The Bertz CT molecular complexity index is 953. The molecule has 0 radical (unpaired) electrons. The summed E-state index contributed by atoms with van der Waals surface area (Å²) in [6.07, 6.45) is 4.36. The number of aryl methyl sites for hydroxylation is 1. The van der Waals surface area contributed by atoms with Crippen molar-refractivity contribution in [3.63, 3.8) is 0 Å². The first-order valence-electron chi connectivity index (χ1n) is 8.25. The van der Waals surface area contributed by atoms with Gasteiger partial charge in [-0.2, -0.15) is 14.0 Å². The second-order valence-corrected chi connectivity index (χ2v) is 6.28. The van der Waals surface area contributed by atoms with Gasteiger partial charge in [-0.15, -0.1) is 0 Å². The van der Waals surface area contributed by atoms with E-state index in [2.05, 4.69) is 39.0 Å². The Labute approximate surface area is 156 Å². The van der Waals surface area contributed by atoms with Crippen LogP contribution >= 0.6 is 11.7 Å². The molecule has 2 aromatic heterocycles. The second kappa shape index (κ2) is 7.85. The van der Waals surface area contributed by atoms with Crippen LogP contribution in [0.1, 0.15) is 42.3 Å². The third-order valence-corrected chi connectivity index (χ3v) is 4.56. The number of rotatable bonds is 7. The van der Waals surface area contributed by atoms with Gasteiger partial charge in [-0.25, -0.2) is 0 Å². The molecule has 1 atom stereocenters. The lowest BCUT2D eigenvalue weighted by atomic mass is 10.1. The van der Waals surface area contributed by atoms with E-state index in [0.29, 0.717) is 22.9 Å². The third-order valence-electron chi connectivity index (χ3n) is 4.03. The van der Waals surface area contributed by atoms with Gasteiger partial charge in [0, 0.05) is 0 Å². The summed E-state index contributed by atoms with van der Waals surface area (Å²) in [5, 5.41) is 16.0. The van der Waals surface area contributed by atoms with Gasteiger partial charge in [0.05, 0.1) is 35.3 Å². The molecular weight excluding hydrogens is 346 g/mol. The highest BCUT2D eigenvalue weighted by atomic mass is 32.1. The van der Waals surface area contributed by atoms with Gasteiger partial charge in [-0.1, -0.05) is 31.7 Å². The fraction of sp³-hybridized carbons (Fsp3) is 0.211.